The van der Waals surface area contributed by atoms with E-state index in [9.17, 15) is 0 Å². The Morgan fingerprint density at radius 1 is 1.25 bits per heavy atom. The van der Waals surface area contributed by atoms with Crippen LogP contribution in [0, 0.1) is 3.57 Å². The summed E-state index contributed by atoms with van der Waals surface area (Å²) in [5.74, 6) is -0.168. The molecule has 0 heterocycles. The number of phenolic OH excluding ortho intramolecular Hbond substituents is 1. The number of hydrogen-bond acceptors (Lipinski definition) is 1. The van der Waals surface area contributed by atoms with Crippen LogP contribution in [0.2, 0.25) is 15.1 Å². The summed E-state index contributed by atoms with van der Waals surface area (Å²) >= 11 is 18.9. The zero-order chi connectivity index (χ0) is 8.59. The van der Waals surface area contributed by atoms with Gasteiger partial charge in [0, 0.05) is 3.57 Å². The SMILES string of the molecule is Oc1c(Cl)cc(I)c(Cl)c1Cl.[H-].[Na+]. The summed E-state index contributed by atoms with van der Waals surface area (Å²) in [6.07, 6.45) is 0. The van der Waals surface area contributed by atoms with Crippen molar-refractivity contribution in [2.75, 3.05) is 0 Å². The van der Waals surface area contributed by atoms with Crippen molar-refractivity contribution in [2.45, 2.75) is 0 Å². The van der Waals surface area contributed by atoms with Gasteiger partial charge in [-0.2, -0.15) is 0 Å². The van der Waals surface area contributed by atoms with Crippen LogP contribution in [0.15, 0.2) is 6.07 Å². The van der Waals surface area contributed by atoms with Crippen LogP contribution in [0.25, 0.3) is 0 Å². The zero-order valence-corrected chi connectivity index (χ0v) is 12.5. The number of rotatable bonds is 0. The van der Waals surface area contributed by atoms with E-state index in [0.29, 0.717) is 5.02 Å². The van der Waals surface area contributed by atoms with E-state index in [1.54, 1.807) is 6.07 Å². The fraction of sp³-hybridized carbons (Fsp3) is 0. The smallest absolute Gasteiger partial charge is 1.00 e. The fourth-order valence-electron chi connectivity index (χ4n) is 0.557. The maximum atomic E-state index is 9.16. The Labute approximate surface area is 122 Å². The first kappa shape index (κ1) is 13.6. The van der Waals surface area contributed by atoms with Gasteiger partial charge in [-0.3, -0.25) is 0 Å². The van der Waals surface area contributed by atoms with Crippen molar-refractivity contribution in [3.05, 3.63) is 24.7 Å². The van der Waals surface area contributed by atoms with Gasteiger partial charge in [0.1, 0.15) is 5.02 Å². The summed E-state index contributed by atoms with van der Waals surface area (Å²) in [4.78, 5) is 0. The summed E-state index contributed by atoms with van der Waals surface area (Å²) in [6.45, 7) is 0. The van der Waals surface area contributed by atoms with Crippen LogP contribution in [0.4, 0.5) is 0 Å². The van der Waals surface area contributed by atoms with Gasteiger partial charge >= 0.3 is 29.6 Å². The van der Waals surface area contributed by atoms with Crippen LogP contribution < -0.4 is 29.6 Å². The minimum atomic E-state index is -0.168. The van der Waals surface area contributed by atoms with Crippen molar-refractivity contribution < 1.29 is 36.1 Å². The molecule has 1 rings (SSSR count). The van der Waals surface area contributed by atoms with Crippen LogP contribution in [-0.4, -0.2) is 5.11 Å². The average Bonchev–Trinajstić information content (AvgIpc) is 1.97. The zero-order valence-electron chi connectivity index (χ0n) is 7.04. The monoisotopic (exact) mass is 346 g/mol. The molecule has 0 unspecified atom stereocenters. The van der Waals surface area contributed by atoms with Gasteiger partial charge in [0.15, 0.2) is 5.75 Å². The molecule has 0 atom stereocenters. The van der Waals surface area contributed by atoms with Gasteiger partial charge in [0.05, 0.1) is 10.0 Å². The van der Waals surface area contributed by atoms with Crippen molar-refractivity contribution >= 4 is 57.4 Å². The Morgan fingerprint density at radius 3 is 2.25 bits per heavy atom. The van der Waals surface area contributed by atoms with E-state index in [4.69, 9.17) is 39.9 Å². The quantitative estimate of drug-likeness (QED) is 0.322. The summed E-state index contributed by atoms with van der Waals surface area (Å²) in [5.41, 5.74) is 0. The topological polar surface area (TPSA) is 20.2 Å². The molecular formula is C6H3Cl3INaO. The maximum Gasteiger partial charge on any atom is 1.00 e. The second kappa shape index (κ2) is 5.49. The van der Waals surface area contributed by atoms with E-state index in [2.05, 4.69) is 0 Å². The van der Waals surface area contributed by atoms with Crippen LogP contribution in [0.1, 0.15) is 1.43 Å². The molecule has 0 radical (unpaired) electrons. The molecule has 0 aliphatic heterocycles. The third-order valence-electron chi connectivity index (χ3n) is 1.09. The number of aromatic hydroxyl groups is 1. The molecule has 6 heteroatoms. The largest absolute Gasteiger partial charge is 1.00 e. The van der Waals surface area contributed by atoms with E-state index < -0.39 is 0 Å². The molecule has 0 fully saturated rings. The Hall–Kier alpha value is 1.62. The molecule has 0 spiro atoms. The van der Waals surface area contributed by atoms with E-state index in [-0.39, 0.29) is 46.8 Å². The first-order chi connectivity index (χ1) is 5.04. The van der Waals surface area contributed by atoms with Gasteiger partial charge in [-0.25, -0.2) is 0 Å². The molecule has 0 saturated heterocycles. The number of benzene rings is 1. The van der Waals surface area contributed by atoms with Crippen LogP contribution in [0.3, 0.4) is 0 Å². The molecule has 1 aromatic rings. The Kier molecular flexibility index (Phi) is 6.23. The fourth-order valence-corrected chi connectivity index (χ4v) is 2.08. The third kappa shape index (κ3) is 2.80. The molecule has 0 saturated carbocycles. The maximum absolute atomic E-state index is 9.16. The standard InChI is InChI=1S/C6H2Cl3IO.Na.H/c7-2-1-3(10)4(8)5(9)6(2)11;;/h1,11H;;/q;+1;-1. The molecule has 0 bridgehead atoms. The van der Waals surface area contributed by atoms with Crippen LogP contribution in [0.5, 0.6) is 5.75 Å². The molecule has 0 aliphatic carbocycles. The number of hydrogen-bond donors (Lipinski definition) is 1. The average molecular weight is 347 g/mol. The molecular weight excluding hydrogens is 344 g/mol. The number of phenols is 1. The van der Waals surface area contributed by atoms with Crippen LogP contribution in [-0.2, 0) is 0 Å². The van der Waals surface area contributed by atoms with E-state index in [1.807, 2.05) is 22.6 Å². The van der Waals surface area contributed by atoms with Crippen molar-refractivity contribution in [3.63, 3.8) is 0 Å². The van der Waals surface area contributed by atoms with Crippen LogP contribution >= 0.6 is 57.4 Å². The van der Waals surface area contributed by atoms with Gasteiger partial charge < -0.3 is 6.53 Å². The predicted octanol–water partition coefficient (Wildman–Crippen LogP) is 1.07. The van der Waals surface area contributed by atoms with Gasteiger partial charge in [0.2, 0.25) is 0 Å². The van der Waals surface area contributed by atoms with E-state index in [0.717, 1.165) is 3.57 Å². The van der Waals surface area contributed by atoms with Gasteiger partial charge in [-0.1, -0.05) is 34.8 Å². The minimum absolute atomic E-state index is 0. The molecule has 0 aromatic heterocycles. The van der Waals surface area contributed by atoms with E-state index >= 15 is 0 Å². The van der Waals surface area contributed by atoms with Crippen molar-refractivity contribution in [1.82, 2.24) is 0 Å². The van der Waals surface area contributed by atoms with Crippen molar-refractivity contribution in [3.8, 4) is 5.75 Å². The second-order valence-corrected chi connectivity index (χ2v) is 4.14. The molecule has 0 amide bonds. The normalized spacial score (nSPS) is 9.33. The molecule has 1 aromatic carbocycles. The van der Waals surface area contributed by atoms with Gasteiger partial charge in [-0.05, 0) is 28.7 Å². The first-order valence-corrected chi connectivity index (χ1v) is 4.77. The second-order valence-electron chi connectivity index (χ2n) is 1.82. The molecule has 12 heavy (non-hydrogen) atoms. The molecule has 0 aliphatic rings. The predicted molar refractivity (Wildman–Crippen MR) is 57.0 cm³/mol. The van der Waals surface area contributed by atoms with Crippen molar-refractivity contribution in [1.29, 1.82) is 0 Å². The summed E-state index contributed by atoms with van der Waals surface area (Å²) < 4.78 is 0.720. The summed E-state index contributed by atoms with van der Waals surface area (Å²) in [5, 5.41) is 9.80. The van der Waals surface area contributed by atoms with Gasteiger partial charge in [0.25, 0.3) is 0 Å². The molecule has 62 valence electrons. The minimum Gasteiger partial charge on any atom is -1.00 e. The number of halogens is 4. The third-order valence-corrected chi connectivity index (χ3v) is 3.41. The Balaban J connectivity index is 0. The van der Waals surface area contributed by atoms with Gasteiger partial charge in [-0.15, -0.1) is 0 Å². The van der Waals surface area contributed by atoms with E-state index in [1.165, 1.54) is 0 Å². The Bertz CT molecular complexity index is 284. The summed E-state index contributed by atoms with van der Waals surface area (Å²) in [6, 6.07) is 1.55. The Morgan fingerprint density at radius 2 is 1.75 bits per heavy atom. The molecule has 1 N–H and O–H groups in total. The first-order valence-electron chi connectivity index (χ1n) is 2.56. The molecule has 1 nitrogen and oxygen atoms in total. The van der Waals surface area contributed by atoms with Crippen molar-refractivity contribution in [2.24, 2.45) is 0 Å². The summed E-state index contributed by atoms with van der Waals surface area (Å²) in [7, 11) is 0.